The Labute approximate surface area is 85.1 Å². The summed E-state index contributed by atoms with van der Waals surface area (Å²) in [4.78, 5) is 0. The molecule has 0 aromatic heterocycles. The third-order valence-electron chi connectivity index (χ3n) is 2.29. The number of rotatable bonds is 0. The van der Waals surface area contributed by atoms with Crippen molar-refractivity contribution in [2.24, 2.45) is 5.73 Å². The van der Waals surface area contributed by atoms with Crippen molar-refractivity contribution in [2.75, 3.05) is 11.9 Å². The Kier molecular flexibility index (Phi) is 2.27. The smallest absolute Gasteiger partial charge is 0.0905 e. The van der Waals surface area contributed by atoms with Crippen LogP contribution in [0.4, 0.5) is 5.69 Å². The number of benzene rings is 1. The molecule has 0 amide bonds. The number of fused-ring (bicyclic) bond motifs is 1. The second-order valence-electron chi connectivity index (χ2n) is 3.21. The van der Waals surface area contributed by atoms with Crippen molar-refractivity contribution in [1.82, 2.24) is 0 Å². The summed E-state index contributed by atoms with van der Waals surface area (Å²) in [5, 5.41) is 12.6. The summed E-state index contributed by atoms with van der Waals surface area (Å²) >= 11 is 3.37. The van der Waals surface area contributed by atoms with E-state index < -0.39 is 6.10 Å². The summed E-state index contributed by atoms with van der Waals surface area (Å²) in [6.07, 6.45) is -0.498. The van der Waals surface area contributed by atoms with Crippen LogP contribution < -0.4 is 11.1 Å². The zero-order chi connectivity index (χ0) is 9.42. The fourth-order valence-corrected chi connectivity index (χ4v) is 1.90. The van der Waals surface area contributed by atoms with Gasteiger partial charge in [-0.2, -0.15) is 0 Å². The summed E-state index contributed by atoms with van der Waals surface area (Å²) in [6.45, 7) is 0.524. The Bertz CT molecular complexity index is 329. The van der Waals surface area contributed by atoms with Crippen LogP contribution in [0.3, 0.4) is 0 Å². The highest BCUT2D eigenvalue weighted by molar-refractivity contribution is 9.10. The van der Waals surface area contributed by atoms with Crippen molar-refractivity contribution in [3.05, 3.63) is 28.2 Å². The van der Waals surface area contributed by atoms with Gasteiger partial charge in [0.2, 0.25) is 0 Å². The Hall–Kier alpha value is -0.580. The summed E-state index contributed by atoms with van der Waals surface area (Å²) in [7, 11) is 0. The first-order chi connectivity index (χ1) is 6.18. The fourth-order valence-electron chi connectivity index (χ4n) is 1.52. The molecule has 2 unspecified atom stereocenters. The van der Waals surface area contributed by atoms with E-state index in [1.807, 2.05) is 18.2 Å². The van der Waals surface area contributed by atoms with E-state index in [1.54, 1.807) is 0 Å². The molecule has 4 heteroatoms. The van der Waals surface area contributed by atoms with Crippen molar-refractivity contribution in [3.8, 4) is 0 Å². The molecule has 2 atom stereocenters. The van der Waals surface area contributed by atoms with Crippen LogP contribution in [0.25, 0.3) is 0 Å². The normalized spacial score (nSPS) is 26.4. The maximum Gasteiger partial charge on any atom is 0.0905 e. The number of nitrogens with two attached hydrogens (primary N) is 1. The maximum atomic E-state index is 9.51. The molecule has 2 rings (SSSR count). The summed E-state index contributed by atoms with van der Waals surface area (Å²) < 4.78 is 0.984. The van der Waals surface area contributed by atoms with Gasteiger partial charge in [0.15, 0.2) is 0 Å². The van der Waals surface area contributed by atoms with E-state index in [0.29, 0.717) is 6.54 Å². The molecule has 0 fully saturated rings. The maximum absolute atomic E-state index is 9.51. The van der Waals surface area contributed by atoms with E-state index in [4.69, 9.17) is 5.73 Å². The van der Waals surface area contributed by atoms with Gasteiger partial charge in [0.25, 0.3) is 0 Å². The largest absolute Gasteiger partial charge is 0.389 e. The monoisotopic (exact) mass is 242 g/mol. The van der Waals surface area contributed by atoms with Gasteiger partial charge >= 0.3 is 0 Å². The number of anilines is 1. The van der Waals surface area contributed by atoms with E-state index in [9.17, 15) is 5.11 Å². The predicted molar refractivity (Wildman–Crippen MR) is 55.6 cm³/mol. The minimum Gasteiger partial charge on any atom is -0.389 e. The average Bonchev–Trinajstić information content (AvgIpc) is 2.12. The molecule has 0 saturated heterocycles. The van der Waals surface area contributed by atoms with Crippen molar-refractivity contribution in [2.45, 2.75) is 12.1 Å². The molecular formula is C9H11BrN2O. The van der Waals surface area contributed by atoms with Gasteiger partial charge < -0.3 is 16.2 Å². The molecule has 0 saturated carbocycles. The van der Waals surface area contributed by atoms with Crippen LogP contribution in [0, 0.1) is 0 Å². The summed E-state index contributed by atoms with van der Waals surface area (Å²) in [5.74, 6) is 0. The molecule has 1 heterocycles. The molecule has 1 aliphatic heterocycles. The Balaban J connectivity index is 2.45. The van der Waals surface area contributed by atoms with Crippen molar-refractivity contribution in [3.63, 3.8) is 0 Å². The van der Waals surface area contributed by atoms with Gasteiger partial charge in [0.05, 0.1) is 12.1 Å². The molecular weight excluding hydrogens is 232 g/mol. The van der Waals surface area contributed by atoms with Crippen LogP contribution in [0.2, 0.25) is 0 Å². The van der Waals surface area contributed by atoms with Gasteiger partial charge in [-0.25, -0.2) is 0 Å². The Morgan fingerprint density at radius 2 is 2.31 bits per heavy atom. The highest BCUT2D eigenvalue weighted by Gasteiger charge is 2.24. The van der Waals surface area contributed by atoms with Crippen LogP contribution in [0.1, 0.15) is 11.6 Å². The average molecular weight is 243 g/mol. The third kappa shape index (κ3) is 1.57. The molecule has 0 aliphatic carbocycles. The molecule has 0 radical (unpaired) electrons. The SMILES string of the molecule is NC1c2cc(Br)ccc2NCC1O. The Morgan fingerprint density at radius 3 is 3.08 bits per heavy atom. The van der Waals surface area contributed by atoms with Crippen LogP contribution in [-0.4, -0.2) is 17.8 Å². The van der Waals surface area contributed by atoms with Gasteiger partial charge in [-0.3, -0.25) is 0 Å². The first-order valence-corrected chi connectivity index (χ1v) is 4.95. The lowest BCUT2D eigenvalue weighted by Gasteiger charge is -2.28. The molecule has 1 aromatic carbocycles. The fraction of sp³-hybridized carbons (Fsp3) is 0.333. The molecule has 1 aromatic rings. The van der Waals surface area contributed by atoms with E-state index >= 15 is 0 Å². The van der Waals surface area contributed by atoms with Crippen LogP contribution in [-0.2, 0) is 0 Å². The number of aliphatic hydroxyl groups is 1. The number of hydrogen-bond acceptors (Lipinski definition) is 3. The van der Waals surface area contributed by atoms with E-state index in [2.05, 4.69) is 21.2 Å². The quantitative estimate of drug-likeness (QED) is 0.642. The number of aliphatic hydroxyl groups excluding tert-OH is 1. The van der Waals surface area contributed by atoms with Crippen LogP contribution in [0.5, 0.6) is 0 Å². The molecule has 70 valence electrons. The first kappa shape index (κ1) is 8.99. The summed E-state index contributed by atoms with van der Waals surface area (Å²) in [5.41, 5.74) is 7.83. The zero-order valence-corrected chi connectivity index (χ0v) is 8.58. The Morgan fingerprint density at radius 1 is 1.54 bits per heavy atom. The minimum atomic E-state index is -0.498. The lowest BCUT2D eigenvalue weighted by atomic mass is 9.97. The minimum absolute atomic E-state index is 0.284. The predicted octanol–water partition coefficient (Wildman–Crippen LogP) is 1.24. The van der Waals surface area contributed by atoms with Gasteiger partial charge in [0.1, 0.15) is 0 Å². The van der Waals surface area contributed by atoms with Crippen molar-refractivity contribution >= 4 is 21.6 Å². The van der Waals surface area contributed by atoms with Gasteiger partial charge in [-0.05, 0) is 23.8 Å². The second-order valence-corrected chi connectivity index (χ2v) is 4.12. The van der Waals surface area contributed by atoms with Gasteiger partial charge in [0, 0.05) is 16.7 Å². The number of hydrogen-bond donors (Lipinski definition) is 3. The number of β-amino-alcohol motifs (C(OH)–C–C–N with tert-alkyl or cyclic N) is 1. The lowest BCUT2D eigenvalue weighted by molar-refractivity contribution is 0.153. The van der Waals surface area contributed by atoms with Gasteiger partial charge in [-0.15, -0.1) is 0 Å². The van der Waals surface area contributed by atoms with Crippen LogP contribution in [0.15, 0.2) is 22.7 Å². The molecule has 1 aliphatic rings. The highest BCUT2D eigenvalue weighted by atomic mass is 79.9. The summed E-state index contributed by atoms with van der Waals surface area (Å²) in [6, 6.07) is 5.57. The van der Waals surface area contributed by atoms with Crippen LogP contribution >= 0.6 is 15.9 Å². The van der Waals surface area contributed by atoms with Gasteiger partial charge in [-0.1, -0.05) is 15.9 Å². The topological polar surface area (TPSA) is 58.3 Å². The first-order valence-electron chi connectivity index (χ1n) is 4.15. The number of halogens is 1. The molecule has 3 nitrogen and oxygen atoms in total. The zero-order valence-electron chi connectivity index (χ0n) is 7.00. The standard InChI is InChI=1S/C9H11BrN2O/c10-5-1-2-7-6(3-5)9(11)8(13)4-12-7/h1-3,8-9,12-13H,4,11H2. The second kappa shape index (κ2) is 3.29. The third-order valence-corrected chi connectivity index (χ3v) is 2.78. The highest BCUT2D eigenvalue weighted by Crippen LogP contribution is 2.30. The molecule has 0 bridgehead atoms. The van der Waals surface area contributed by atoms with E-state index in [0.717, 1.165) is 15.7 Å². The molecule has 13 heavy (non-hydrogen) atoms. The van der Waals surface area contributed by atoms with Crippen molar-refractivity contribution in [1.29, 1.82) is 0 Å². The van der Waals surface area contributed by atoms with Crippen molar-refractivity contribution < 1.29 is 5.11 Å². The lowest BCUT2D eigenvalue weighted by Crippen LogP contribution is -2.36. The number of nitrogens with one attached hydrogen (secondary N) is 1. The molecule has 0 spiro atoms. The van der Waals surface area contributed by atoms with E-state index in [1.165, 1.54) is 0 Å². The molecule has 4 N–H and O–H groups in total. The van der Waals surface area contributed by atoms with E-state index in [-0.39, 0.29) is 6.04 Å².